The lowest BCUT2D eigenvalue weighted by atomic mass is 9.98. The van der Waals surface area contributed by atoms with Crippen LogP contribution in [0.25, 0.3) is 0 Å². The molecular weight excluding hydrogens is 204 g/mol. The molecule has 1 heterocycles. The highest BCUT2D eigenvalue weighted by Gasteiger charge is 2.32. The maximum Gasteiger partial charge on any atom is 0.323 e. The van der Waals surface area contributed by atoms with E-state index in [0.29, 0.717) is 6.42 Å². The van der Waals surface area contributed by atoms with Gasteiger partial charge in [0.1, 0.15) is 5.54 Å². The number of aliphatic carboxylic acids is 1. The summed E-state index contributed by atoms with van der Waals surface area (Å²) in [7, 11) is 0. The summed E-state index contributed by atoms with van der Waals surface area (Å²) in [6.07, 6.45) is 3.15. The fraction of sp³-hybridized carbons (Fsp3) is 0.917. The van der Waals surface area contributed by atoms with E-state index in [4.69, 9.17) is 5.11 Å². The van der Waals surface area contributed by atoms with Crippen molar-refractivity contribution in [3.05, 3.63) is 0 Å². The van der Waals surface area contributed by atoms with E-state index in [1.54, 1.807) is 6.92 Å². The van der Waals surface area contributed by atoms with Gasteiger partial charge in [-0.25, -0.2) is 0 Å². The molecule has 0 aromatic heterocycles. The highest BCUT2D eigenvalue weighted by Crippen LogP contribution is 2.13. The largest absolute Gasteiger partial charge is 0.480 e. The van der Waals surface area contributed by atoms with Crippen LogP contribution in [-0.2, 0) is 4.79 Å². The Morgan fingerprint density at radius 1 is 1.50 bits per heavy atom. The molecule has 16 heavy (non-hydrogen) atoms. The second-order valence-corrected chi connectivity index (χ2v) is 5.04. The van der Waals surface area contributed by atoms with Crippen molar-refractivity contribution in [2.24, 2.45) is 0 Å². The molecule has 0 radical (unpaired) electrons. The highest BCUT2D eigenvalue weighted by atomic mass is 16.4. The fourth-order valence-electron chi connectivity index (χ4n) is 2.26. The van der Waals surface area contributed by atoms with Crippen molar-refractivity contribution in [2.75, 3.05) is 19.6 Å². The molecule has 0 aromatic carbocycles. The van der Waals surface area contributed by atoms with E-state index in [-0.39, 0.29) is 6.04 Å². The summed E-state index contributed by atoms with van der Waals surface area (Å²) in [5.74, 6) is -0.761. The van der Waals surface area contributed by atoms with Crippen molar-refractivity contribution >= 4 is 5.97 Å². The van der Waals surface area contributed by atoms with Crippen LogP contribution in [0.3, 0.4) is 0 Å². The monoisotopic (exact) mass is 228 g/mol. The number of carboxylic acids is 1. The highest BCUT2D eigenvalue weighted by molar-refractivity contribution is 5.78. The van der Waals surface area contributed by atoms with E-state index in [9.17, 15) is 4.79 Å². The molecule has 0 spiro atoms. The molecule has 1 fully saturated rings. The summed E-state index contributed by atoms with van der Waals surface area (Å²) in [5.41, 5.74) is -0.793. The first-order chi connectivity index (χ1) is 7.48. The predicted molar refractivity (Wildman–Crippen MR) is 64.6 cm³/mol. The quantitative estimate of drug-likeness (QED) is 0.720. The van der Waals surface area contributed by atoms with Crippen molar-refractivity contribution in [3.63, 3.8) is 0 Å². The number of carboxylic acid groups (broad SMARTS) is 1. The number of nitrogens with zero attached hydrogens (tertiary/aromatic N) is 1. The molecule has 4 heteroatoms. The van der Waals surface area contributed by atoms with Crippen molar-refractivity contribution in [1.82, 2.24) is 10.2 Å². The number of hydrogen-bond acceptors (Lipinski definition) is 3. The lowest BCUT2D eigenvalue weighted by Crippen LogP contribution is -2.55. The smallest absolute Gasteiger partial charge is 0.323 e. The molecule has 0 saturated carbocycles. The van der Waals surface area contributed by atoms with Crippen molar-refractivity contribution in [3.8, 4) is 0 Å². The number of rotatable bonds is 6. The van der Waals surface area contributed by atoms with Crippen LogP contribution in [-0.4, -0.2) is 47.2 Å². The van der Waals surface area contributed by atoms with Crippen molar-refractivity contribution in [2.45, 2.75) is 51.6 Å². The first kappa shape index (κ1) is 13.5. The van der Waals surface area contributed by atoms with Crippen molar-refractivity contribution < 1.29 is 9.90 Å². The van der Waals surface area contributed by atoms with Crippen LogP contribution in [0.15, 0.2) is 0 Å². The minimum Gasteiger partial charge on any atom is -0.480 e. The molecule has 1 rings (SSSR count). The molecule has 0 amide bonds. The zero-order valence-corrected chi connectivity index (χ0v) is 10.6. The SMILES string of the molecule is CCC(C)(NC(C)CN1CCCC1)C(=O)O. The van der Waals surface area contributed by atoms with Gasteiger partial charge in [0.25, 0.3) is 0 Å². The van der Waals surface area contributed by atoms with Crippen LogP contribution in [0.1, 0.15) is 40.0 Å². The zero-order chi connectivity index (χ0) is 12.2. The zero-order valence-electron chi connectivity index (χ0n) is 10.6. The molecule has 1 saturated heterocycles. The van der Waals surface area contributed by atoms with E-state index in [1.165, 1.54) is 12.8 Å². The Morgan fingerprint density at radius 3 is 2.50 bits per heavy atom. The second-order valence-electron chi connectivity index (χ2n) is 5.04. The van der Waals surface area contributed by atoms with E-state index in [0.717, 1.165) is 19.6 Å². The maximum absolute atomic E-state index is 11.1. The summed E-state index contributed by atoms with van der Waals surface area (Å²) in [5, 5.41) is 12.4. The van der Waals surface area contributed by atoms with Gasteiger partial charge in [-0.15, -0.1) is 0 Å². The van der Waals surface area contributed by atoms with Crippen LogP contribution >= 0.6 is 0 Å². The van der Waals surface area contributed by atoms with Gasteiger partial charge in [-0.2, -0.15) is 0 Å². The van der Waals surface area contributed by atoms with Gasteiger partial charge in [-0.3, -0.25) is 10.1 Å². The van der Waals surface area contributed by atoms with Crippen LogP contribution in [0.4, 0.5) is 0 Å². The van der Waals surface area contributed by atoms with Crippen LogP contribution in [0.2, 0.25) is 0 Å². The van der Waals surface area contributed by atoms with E-state index in [1.807, 2.05) is 6.92 Å². The van der Waals surface area contributed by atoms with Crippen molar-refractivity contribution in [1.29, 1.82) is 0 Å². The van der Waals surface area contributed by atoms with E-state index >= 15 is 0 Å². The molecule has 1 aliphatic heterocycles. The Bertz CT molecular complexity index is 239. The topological polar surface area (TPSA) is 52.6 Å². The van der Waals surface area contributed by atoms with Gasteiger partial charge < -0.3 is 10.0 Å². The number of nitrogens with one attached hydrogen (secondary N) is 1. The lowest BCUT2D eigenvalue weighted by molar-refractivity contribution is -0.144. The van der Waals surface area contributed by atoms with Gasteiger partial charge in [0.05, 0.1) is 0 Å². The molecule has 0 aromatic rings. The number of carbonyl (C=O) groups is 1. The normalized spacial score (nSPS) is 22.9. The van der Waals surface area contributed by atoms with Gasteiger partial charge in [-0.1, -0.05) is 6.92 Å². The maximum atomic E-state index is 11.1. The predicted octanol–water partition coefficient (Wildman–Crippen LogP) is 1.31. The summed E-state index contributed by atoms with van der Waals surface area (Å²) in [6.45, 7) is 8.99. The Kier molecular flexibility index (Phi) is 4.74. The molecule has 2 atom stereocenters. The van der Waals surface area contributed by atoms with Crippen LogP contribution in [0, 0.1) is 0 Å². The number of hydrogen-bond donors (Lipinski definition) is 2. The van der Waals surface area contributed by atoms with Gasteiger partial charge in [0.15, 0.2) is 0 Å². The van der Waals surface area contributed by atoms with Gasteiger partial charge in [-0.05, 0) is 46.2 Å². The Balaban J connectivity index is 2.42. The molecule has 2 N–H and O–H groups in total. The van der Waals surface area contributed by atoms with E-state index < -0.39 is 11.5 Å². The third-order valence-electron chi connectivity index (χ3n) is 3.47. The Labute approximate surface area is 98.0 Å². The third kappa shape index (κ3) is 3.46. The Morgan fingerprint density at radius 2 is 2.06 bits per heavy atom. The van der Waals surface area contributed by atoms with Gasteiger partial charge in [0, 0.05) is 12.6 Å². The lowest BCUT2D eigenvalue weighted by Gasteiger charge is -2.31. The molecule has 1 aliphatic rings. The average Bonchev–Trinajstić information content (AvgIpc) is 2.69. The first-order valence-corrected chi connectivity index (χ1v) is 6.21. The Hall–Kier alpha value is -0.610. The van der Waals surface area contributed by atoms with Crippen LogP contribution in [0.5, 0.6) is 0 Å². The fourth-order valence-corrected chi connectivity index (χ4v) is 2.26. The minimum absolute atomic E-state index is 0.221. The summed E-state index contributed by atoms with van der Waals surface area (Å²) < 4.78 is 0. The minimum atomic E-state index is -0.793. The molecule has 4 nitrogen and oxygen atoms in total. The molecule has 0 aliphatic carbocycles. The van der Waals surface area contributed by atoms with Gasteiger partial charge in [0.2, 0.25) is 0 Å². The van der Waals surface area contributed by atoms with E-state index in [2.05, 4.69) is 17.1 Å². The summed E-state index contributed by atoms with van der Waals surface area (Å²) in [4.78, 5) is 13.5. The molecule has 94 valence electrons. The average molecular weight is 228 g/mol. The first-order valence-electron chi connectivity index (χ1n) is 6.21. The number of likely N-dealkylation sites (tertiary alicyclic amines) is 1. The van der Waals surface area contributed by atoms with Crippen LogP contribution < -0.4 is 5.32 Å². The molecular formula is C12H24N2O2. The molecule has 0 bridgehead atoms. The summed E-state index contributed by atoms with van der Waals surface area (Å²) >= 11 is 0. The molecule has 2 unspecified atom stereocenters. The third-order valence-corrected chi connectivity index (χ3v) is 3.47. The standard InChI is InChI=1S/C12H24N2O2/c1-4-12(3,11(15)16)13-10(2)9-14-7-5-6-8-14/h10,13H,4-9H2,1-3H3,(H,15,16). The summed E-state index contributed by atoms with van der Waals surface area (Å²) in [6, 6.07) is 0.221. The van der Waals surface area contributed by atoms with Gasteiger partial charge >= 0.3 is 5.97 Å². The second kappa shape index (κ2) is 5.64.